The highest BCUT2D eigenvalue weighted by Gasteiger charge is 2.19. The normalized spacial score (nSPS) is 15.5. The number of nitrogens with zero attached hydrogens (tertiary/aromatic N) is 2. The molecule has 0 aliphatic heterocycles. The number of anilines is 1. The zero-order valence-corrected chi connectivity index (χ0v) is 13.2. The summed E-state index contributed by atoms with van der Waals surface area (Å²) in [6.45, 7) is 0. The van der Waals surface area contributed by atoms with E-state index < -0.39 is 0 Å². The molecule has 2 N–H and O–H groups in total. The SMILES string of the molecule is Nc1cc(C2CCCC2)nc(Cc2ccc(Cl)c(Cl)c2)n1. The molecule has 1 heterocycles. The Kier molecular flexibility index (Phi) is 4.32. The number of aromatic nitrogens is 2. The molecule has 0 amide bonds. The molecule has 0 atom stereocenters. The van der Waals surface area contributed by atoms with Crippen LogP contribution in [0.4, 0.5) is 5.82 Å². The van der Waals surface area contributed by atoms with E-state index in [1.54, 1.807) is 6.07 Å². The lowest BCUT2D eigenvalue weighted by Gasteiger charge is -2.11. The smallest absolute Gasteiger partial charge is 0.135 e. The number of benzene rings is 1. The molecule has 1 aromatic carbocycles. The van der Waals surface area contributed by atoms with Crippen LogP contribution in [-0.2, 0) is 6.42 Å². The minimum absolute atomic E-state index is 0.530. The number of nitrogen functional groups attached to an aromatic ring is 1. The van der Waals surface area contributed by atoms with Gasteiger partial charge in [-0.25, -0.2) is 9.97 Å². The number of halogens is 2. The second-order valence-corrected chi connectivity index (χ2v) is 6.35. The van der Waals surface area contributed by atoms with Crippen molar-refractivity contribution in [3.05, 3.63) is 51.4 Å². The largest absolute Gasteiger partial charge is 0.384 e. The Hall–Kier alpha value is -1.32. The number of hydrogen-bond donors (Lipinski definition) is 1. The Labute approximate surface area is 134 Å². The maximum atomic E-state index is 6.05. The number of hydrogen-bond acceptors (Lipinski definition) is 3. The van der Waals surface area contributed by atoms with E-state index in [4.69, 9.17) is 33.9 Å². The van der Waals surface area contributed by atoms with Crippen molar-refractivity contribution >= 4 is 29.0 Å². The first kappa shape index (κ1) is 14.6. The highest BCUT2D eigenvalue weighted by molar-refractivity contribution is 6.42. The van der Waals surface area contributed by atoms with E-state index in [-0.39, 0.29) is 0 Å². The third-order valence-electron chi connectivity index (χ3n) is 3.93. The van der Waals surface area contributed by atoms with E-state index >= 15 is 0 Å². The van der Waals surface area contributed by atoms with E-state index in [9.17, 15) is 0 Å². The summed E-state index contributed by atoms with van der Waals surface area (Å²) in [4.78, 5) is 9.04. The average molecular weight is 322 g/mol. The van der Waals surface area contributed by atoms with E-state index in [0.717, 1.165) is 17.1 Å². The molecule has 3 nitrogen and oxygen atoms in total. The fourth-order valence-electron chi connectivity index (χ4n) is 2.88. The minimum Gasteiger partial charge on any atom is -0.384 e. The van der Waals surface area contributed by atoms with Crippen molar-refractivity contribution in [2.75, 3.05) is 5.73 Å². The van der Waals surface area contributed by atoms with Gasteiger partial charge >= 0.3 is 0 Å². The van der Waals surface area contributed by atoms with Crippen molar-refractivity contribution in [3.63, 3.8) is 0 Å². The van der Waals surface area contributed by atoms with Crippen LogP contribution in [0.5, 0.6) is 0 Å². The van der Waals surface area contributed by atoms with Crippen LogP contribution in [0.3, 0.4) is 0 Å². The summed E-state index contributed by atoms with van der Waals surface area (Å²) in [5.74, 6) is 1.82. The van der Waals surface area contributed by atoms with Gasteiger partial charge in [0.1, 0.15) is 11.6 Å². The molecule has 1 aromatic heterocycles. The summed E-state index contributed by atoms with van der Waals surface area (Å²) in [6, 6.07) is 7.50. The third-order valence-corrected chi connectivity index (χ3v) is 4.67. The molecular weight excluding hydrogens is 305 g/mol. The van der Waals surface area contributed by atoms with Gasteiger partial charge in [0.15, 0.2) is 0 Å². The molecule has 3 rings (SSSR count). The maximum Gasteiger partial charge on any atom is 0.135 e. The highest BCUT2D eigenvalue weighted by atomic mass is 35.5. The molecular formula is C16H17Cl2N3. The zero-order chi connectivity index (χ0) is 14.8. The number of nitrogens with two attached hydrogens (primary N) is 1. The van der Waals surface area contributed by atoms with E-state index in [1.165, 1.54) is 25.7 Å². The summed E-state index contributed by atoms with van der Waals surface area (Å²) in [7, 11) is 0. The Bertz CT molecular complexity index is 652. The van der Waals surface area contributed by atoms with Crippen LogP contribution < -0.4 is 5.73 Å². The zero-order valence-electron chi connectivity index (χ0n) is 11.6. The van der Waals surface area contributed by atoms with Gasteiger partial charge in [0.05, 0.1) is 10.0 Å². The first-order valence-electron chi connectivity index (χ1n) is 7.19. The Balaban J connectivity index is 1.85. The van der Waals surface area contributed by atoms with Crippen molar-refractivity contribution in [2.24, 2.45) is 0 Å². The van der Waals surface area contributed by atoms with Crippen molar-refractivity contribution < 1.29 is 0 Å². The lowest BCUT2D eigenvalue weighted by molar-refractivity contribution is 0.687. The molecule has 0 bridgehead atoms. The molecule has 1 fully saturated rings. The van der Waals surface area contributed by atoms with Crippen LogP contribution in [0, 0.1) is 0 Å². The van der Waals surface area contributed by atoms with Gasteiger partial charge in [0, 0.05) is 24.1 Å². The lowest BCUT2D eigenvalue weighted by atomic mass is 10.0. The molecule has 0 spiro atoms. The predicted octanol–water partition coefficient (Wildman–Crippen LogP) is 4.61. The maximum absolute atomic E-state index is 6.05. The molecule has 21 heavy (non-hydrogen) atoms. The summed E-state index contributed by atoms with van der Waals surface area (Å²) < 4.78 is 0. The lowest BCUT2D eigenvalue weighted by Crippen LogP contribution is -2.06. The van der Waals surface area contributed by atoms with Crippen LogP contribution in [0.1, 0.15) is 48.7 Å². The second kappa shape index (κ2) is 6.20. The summed E-state index contributed by atoms with van der Waals surface area (Å²) in [6.07, 6.45) is 5.56. The van der Waals surface area contributed by atoms with Crippen molar-refractivity contribution in [1.29, 1.82) is 0 Å². The second-order valence-electron chi connectivity index (χ2n) is 5.54. The molecule has 1 saturated carbocycles. The van der Waals surface area contributed by atoms with Crippen LogP contribution in [0.15, 0.2) is 24.3 Å². The number of rotatable bonds is 3. The molecule has 5 heteroatoms. The molecule has 1 aliphatic carbocycles. The van der Waals surface area contributed by atoms with Crippen LogP contribution >= 0.6 is 23.2 Å². The third kappa shape index (κ3) is 3.47. The van der Waals surface area contributed by atoms with Crippen molar-refractivity contribution in [1.82, 2.24) is 9.97 Å². The van der Waals surface area contributed by atoms with E-state index in [2.05, 4.69) is 4.98 Å². The van der Waals surface area contributed by atoms with Gasteiger partial charge in [0.25, 0.3) is 0 Å². The van der Waals surface area contributed by atoms with Gasteiger partial charge < -0.3 is 5.73 Å². The van der Waals surface area contributed by atoms with Gasteiger partial charge in [-0.15, -0.1) is 0 Å². The summed E-state index contributed by atoms with van der Waals surface area (Å²) in [5.41, 5.74) is 8.05. The van der Waals surface area contributed by atoms with Crippen LogP contribution in [0.25, 0.3) is 0 Å². The van der Waals surface area contributed by atoms with Gasteiger partial charge in [0.2, 0.25) is 0 Å². The minimum atomic E-state index is 0.530. The van der Waals surface area contributed by atoms with Crippen LogP contribution in [-0.4, -0.2) is 9.97 Å². The first-order chi connectivity index (χ1) is 10.1. The van der Waals surface area contributed by atoms with E-state index in [1.807, 2.05) is 18.2 Å². The van der Waals surface area contributed by atoms with E-state index in [0.29, 0.717) is 28.2 Å². The Morgan fingerprint density at radius 3 is 2.52 bits per heavy atom. The molecule has 110 valence electrons. The standard InChI is InChI=1S/C16H17Cl2N3/c17-12-6-5-10(7-13(12)18)8-16-20-14(9-15(19)21-16)11-3-1-2-4-11/h5-7,9,11H,1-4,8H2,(H2,19,20,21). The van der Waals surface area contributed by atoms with Crippen molar-refractivity contribution in [2.45, 2.75) is 38.0 Å². The molecule has 0 radical (unpaired) electrons. The average Bonchev–Trinajstić information content (AvgIpc) is 2.96. The monoisotopic (exact) mass is 321 g/mol. The van der Waals surface area contributed by atoms with Gasteiger partial charge in [-0.1, -0.05) is 42.1 Å². The van der Waals surface area contributed by atoms with Crippen molar-refractivity contribution in [3.8, 4) is 0 Å². The molecule has 2 aromatic rings. The molecule has 0 unspecified atom stereocenters. The predicted molar refractivity (Wildman–Crippen MR) is 86.9 cm³/mol. The van der Waals surface area contributed by atoms with Crippen LogP contribution in [0.2, 0.25) is 10.0 Å². The Morgan fingerprint density at radius 1 is 1.05 bits per heavy atom. The topological polar surface area (TPSA) is 51.8 Å². The highest BCUT2D eigenvalue weighted by Crippen LogP contribution is 2.33. The fraction of sp³-hybridized carbons (Fsp3) is 0.375. The molecule has 0 saturated heterocycles. The summed E-state index contributed by atoms with van der Waals surface area (Å²) in [5, 5.41) is 1.11. The fourth-order valence-corrected chi connectivity index (χ4v) is 3.20. The Morgan fingerprint density at radius 2 is 1.81 bits per heavy atom. The quantitative estimate of drug-likeness (QED) is 0.897. The van der Waals surface area contributed by atoms with Gasteiger partial charge in [-0.2, -0.15) is 0 Å². The van der Waals surface area contributed by atoms with Gasteiger partial charge in [-0.05, 0) is 30.5 Å². The molecule has 1 aliphatic rings. The summed E-state index contributed by atoms with van der Waals surface area (Å²) >= 11 is 12.0. The van der Waals surface area contributed by atoms with Gasteiger partial charge in [-0.3, -0.25) is 0 Å². The first-order valence-corrected chi connectivity index (χ1v) is 7.94.